The number of aryl methyl sites for hydroxylation is 1. The van der Waals surface area contributed by atoms with Crippen LogP contribution >= 0.6 is 0 Å². The predicted molar refractivity (Wildman–Crippen MR) is 231 cm³/mol. The lowest BCUT2D eigenvalue weighted by Gasteiger charge is -2.39. The highest BCUT2D eigenvalue weighted by molar-refractivity contribution is 6.20. The van der Waals surface area contributed by atoms with Crippen LogP contribution in [0.1, 0.15) is 113 Å². The van der Waals surface area contributed by atoms with Gasteiger partial charge in [0.2, 0.25) is 5.54 Å². The molecule has 284 valence electrons. The highest BCUT2D eigenvalue weighted by atomic mass is 15.5. The van der Waals surface area contributed by atoms with E-state index < -0.39 is 5.66 Å². The maximum absolute atomic E-state index is 5.59. The zero-order chi connectivity index (χ0) is 39.3. The number of aromatic amines is 1. The molecule has 1 spiro atoms. The van der Waals surface area contributed by atoms with E-state index in [2.05, 4.69) is 189 Å². The number of fused-ring (bicyclic) bond motifs is 16. The molecule has 0 amide bonds. The van der Waals surface area contributed by atoms with Crippen molar-refractivity contribution in [2.45, 2.75) is 137 Å². The van der Waals surface area contributed by atoms with Gasteiger partial charge in [0.05, 0.1) is 5.52 Å². The number of nitrogens with one attached hydrogen (secondary N) is 1. The summed E-state index contributed by atoms with van der Waals surface area (Å²) in [6.07, 6.45) is 6.07. The average Bonchev–Trinajstić information content (AvgIpc) is 3.34. The normalized spacial score (nSPS) is 23.5. The summed E-state index contributed by atoms with van der Waals surface area (Å²) < 4.78 is 5.47. The summed E-state index contributed by atoms with van der Waals surface area (Å²) in [6.45, 7) is 33.4. The summed E-state index contributed by atoms with van der Waals surface area (Å²) in [5.74, 6) is 2.01. The highest BCUT2D eigenvalue weighted by Gasteiger charge is 3.00. The molecule has 9 rings (SSSR count). The molecule has 1 N–H and O–H groups in total. The van der Waals surface area contributed by atoms with E-state index >= 15 is 0 Å². The van der Waals surface area contributed by atoms with E-state index in [1.165, 1.54) is 71.4 Å². The number of allylic oxidation sites excluding steroid dienone is 1. The molecule has 5 heteroatoms. The highest BCUT2D eigenvalue weighted by Crippen LogP contribution is 2.76. The Labute approximate surface area is 328 Å². The van der Waals surface area contributed by atoms with Crippen LogP contribution in [0.25, 0.3) is 54.7 Å². The zero-order valence-electron chi connectivity index (χ0n) is 35.7. The molecule has 4 heterocycles. The van der Waals surface area contributed by atoms with Gasteiger partial charge in [-0.05, 0) is 109 Å². The third kappa shape index (κ3) is 4.33. The summed E-state index contributed by atoms with van der Waals surface area (Å²) in [5.41, 5.74) is 9.30. The molecule has 3 unspecified atom stereocenters. The van der Waals surface area contributed by atoms with Gasteiger partial charge in [0.25, 0.3) is 17.1 Å². The first-order valence-electron chi connectivity index (χ1n) is 20.9. The van der Waals surface area contributed by atoms with Gasteiger partial charge in [-0.1, -0.05) is 103 Å². The van der Waals surface area contributed by atoms with Crippen LogP contribution in [0.2, 0.25) is 0 Å². The number of hydrogen-bond donors (Lipinski definition) is 1. The van der Waals surface area contributed by atoms with Gasteiger partial charge in [-0.2, -0.15) is 0 Å². The molecule has 2 aliphatic heterocycles. The molecule has 55 heavy (non-hydrogen) atoms. The Bertz CT molecular complexity index is 2680. The van der Waals surface area contributed by atoms with Gasteiger partial charge in [0.15, 0.2) is 6.21 Å². The summed E-state index contributed by atoms with van der Waals surface area (Å²) in [4.78, 5) is 12.3. The van der Waals surface area contributed by atoms with Crippen LogP contribution in [0, 0.1) is 18.8 Å². The molecule has 3 atom stereocenters. The number of H-pyrrole nitrogens is 1. The van der Waals surface area contributed by atoms with E-state index in [4.69, 9.17) is 4.98 Å². The number of aromatic nitrogens is 3. The quantitative estimate of drug-likeness (QED) is 0.179. The minimum Gasteiger partial charge on any atom is -0.317 e. The average molecular weight is 732 g/mol. The second-order valence-corrected chi connectivity index (χ2v) is 19.7. The van der Waals surface area contributed by atoms with Gasteiger partial charge in [-0.15, -0.1) is 0 Å². The van der Waals surface area contributed by atoms with Gasteiger partial charge in [-0.3, -0.25) is 0 Å². The lowest BCUT2D eigenvalue weighted by molar-refractivity contribution is -0.775. The number of hydrogen-bond acceptors (Lipinski definition) is 2. The zero-order valence-corrected chi connectivity index (χ0v) is 35.7. The maximum atomic E-state index is 5.59. The Morgan fingerprint density at radius 3 is 2.18 bits per heavy atom. The minimum absolute atomic E-state index is 0.0623. The standard InChI is InChI=1S/C50H60N5/c1-28(2)24-34-19-17-18-33-22-23-38-42-45-39-25-40(47(10,11)12)36-20-15-16-21-37(36)43(39)48(13)49(14,55(45)32(9)51-46(42)52-44(38)41(33)34)50(48)53(30(5)6)26-35(29(3)4)27-54(50)31(7)8/h15-23,25-31H,24H2,1-14H3/q+1/p+1. The summed E-state index contributed by atoms with van der Waals surface area (Å²) in [6, 6.07) is 23.9. The van der Waals surface area contributed by atoms with E-state index in [0.717, 1.165) is 17.9 Å². The van der Waals surface area contributed by atoms with Crippen molar-refractivity contribution in [1.29, 1.82) is 0 Å². The molecule has 0 bridgehead atoms. The molecular formula is C50H61N5+2. The van der Waals surface area contributed by atoms with E-state index in [1.54, 1.807) is 0 Å². The summed E-state index contributed by atoms with van der Waals surface area (Å²) in [7, 11) is 0. The molecule has 1 saturated carbocycles. The molecule has 6 aromatic rings. The molecule has 1 fully saturated rings. The fourth-order valence-electron chi connectivity index (χ4n) is 11.7. The topological polar surface area (TPSA) is 38.8 Å². The van der Waals surface area contributed by atoms with E-state index in [0.29, 0.717) is 11.8 Å². The first-order valence-corrected chi connectivity index (χ1v) is 20.9. The van der Waals surface area contributed by atoms with Crippen molar-refractivity contribution in [2.24, 2.45) is 11.8 Å². The maximum Gasteiger partial charge on any atom is 0.299 e. The molecular weight excluding hydrogens is 671 g/mol. The number of benzene rings is 4. The van der Waals surface area contributed by atoms with Crippen molar-refractivity contribution >= 4 is 49.7 Å². The van der Waals surface area contributed by atoms with Crippen LogP contribution in [-0.2, 0) is 22.8 Å². The predicted octanol–water partition coefficient (Wildman–Crippen LogP) is 11.2. The van der Waals surface area contributed by atoms with E-state index in [9.17, 15) is 0 Å². The Kier molecular flexibility index (Phi) is 7.57. The monoisotopic (exact) mass is 731 g/mol. The Morgan fingerprint density at radius 2 is 1.55 bits per heavy atom. The van der Waals surface area contributed by atoms with Crippen LogP contribution in [0.5, 0.6) is 0 Å². The van der Waals surface area contributed by atoms with Crippen LogP contribution in [0.3, 0.4) is 0 Å². The van der Waals surface area contributed by atoms with Crippen molar-refractivity contribution in [3.8, 4) is 11.3 Å². The third-order valence-electron chi connectivity index (χ3n) is 14.0. The summed E-state index contributed by atoms with van der Waals surface area (Å²) >= 11 is 0. The van der Waals surface area contributed by atoms with E-state index in [1.807, 2.05) is 0 Å². The largest absolute Gasteiger partial charge is 0.317 e. The number of rotatable bonds is 5. The fraction of sp³-hybridized carbons (Fsp3) is 0.460. The Morgan fingerprint density at radius 1 is 0.836 bits per heavy atom. The number of nitrogens with zero attached hydrogens (tertiary/aromatic N) is 4. The molecule has 0 saturated heterocycles. The second kappa shape index (κ2) is 11.5. The van der Waals surface area contributed by atoms with Gasteiger partial charge >= 0.3 is 0 Å². The fourth-order valence-corrected chi connectivity index (χ4v) is 11.7. The Hall–Kier alpha value is -4.51. The molecule has 4 aromatic carbocycles. The van der Waals surface area contributed by atoms with Crippen molar-refractivity contribution in [1.82, 2.24) is 14.9 Å². The minimum atomic E-state index is -0.402. The molecule has 3 aliphatic rings. The van der Waals surface area contributed by atoms with Crippen molar-refractivity contribution in [3.63, 3.8) is 0 Å². The van der Waals surface area contributed by atoms with Crippen molar-refractivity contribution in [2.75, 3.05) is 0 Å². The molecule has 5 nitrogen and oxygen atoms in total. The van der Waals surface area contributed by atoms with Crippen LogP contribution in [0.4, 0.5) is 0 Å². The van der Waals surface area contributed by atoms with Crippen molar-refractivity contribution in [3.05, 3.63) is 95.0 Å². The SMILES string of the molecule is Cc1nc2[nH]c3c(ccc4cccc(CC(C)C)c43)c2c2[n+]1C1(C)C(C)(c3c-2cc(C(C)(C)C)c2ccccc32)C12N(C(C)C)C=C(C(C)C)C=[N+]2C(C)C. The lowest BCUT2D eigenvalue weighted by Crippen LogP contribution is -2.64. The Balaban J connectivity index is 1.52. The van der Waals surface area contributed by atoms with Crippen LogP contribution in [-0.4, -0.2) is 43.4 Å². The first-order chi connectivity index (χ1) is 25.9. The van der Waals surface area contributed by atoms with E-state index in [-0.39, 0.29) is 28.5 Å². The van der Waals surface area contributed by atoms with Crippen LogP contribution < -0.4 is 4.57 Å². The smallest absolute Gasteiger partial charge is 0.299 e. The molecule has 0 radical (unpaired) electrons. The summed E-state index contributed by atoms with van der Waals surface area (Å²) in [5, 5.41) is 7.84. The second-order valence-electron chi connectivity index (χ2n) is 19.7. The van der Waals surface area contributed by atoms with Gasteiger partial charge in [0.1, 0.15) is 22.5 Å². The molecule has 2 aromatic heterocycles. The third-order valence-corrected chi connectivity index (χ3v) is 14.0. The first kappa shape index (κ1) is 36.1. The van der Waals surface area contributed by atoms with Gasteiger partial charge in [-0.25, -0.2) is 9.14 Å². The lowest BCUT2D eigenvalue weighted by atomic mass is 9.74. The molecule has 1 aliphatic carbocycles. The van der Waals surface area contributed by atoms with Crippen molar-refractivity contribution < 1.29 is 9.14 Å². The van der Waals surface area contributed by atoms with Crippen LogP contribution in [0.15, 0.2) is 72.4 Å². The van der Waals surface area contributed by atoms with Gasteiger partial charge < -0.3 is 9.88 Å². The van der Waals surface area contributed by atoms with Gasteiger partial charge in [0, 0.05) is 41.1 Å².